The number of hydrogen-bond acceptors (Lipinski definition) is 4. The lowest BCUT2D eigenvalue weighted by atomic mass is 10.1. The minimum atomic E-state index is -1.04. The Morgan fingerprint density at radius 2 is 1.91 bits per heavy atom. The van der Waals surface area contributed by atoms with E-state index >= 15 is 0 Å². The Morgan fingerprint density at radius 1 is 1.32 bits per heavy atom. The first kappa shape index (κ1) is 15.9. The summed E-state index contributed by atoms with van der Waals surface area (Å²) < 4.78 is 32.6. The van der Waals surface area contributed by atoms with E-state index in [1.54, 1.807) is 0 Å². The number of rotatable bonds is 4. The molecule has 1 aromatic rings. The fourth-order valence-electron chi connectivity index (χ4n) is 2.15. The maximum atomic E-state index is 13.8. The van der Waals surface area contributed by atoms with Crippen LogP contribution in [0, 0.1) is 11.6 Å². The van der Waals surface area contributed by atoms with Crippen LogP contribution < -0.4 is 10.2 Å². The summed E-state index contributed by atoms with van der Waals surface area (Å²) in [7, 11) is 0. The fourth-order valence-corrected chi connectivity index (χ4v) is 2.15. The molecule has 2 rings (SSSR count). The van der Waals surface area contributed by atoms with Gasteiger partial charge >= 0.3 is 6.09 Å². The number of ether oxygens (including phenoxy) is 1. The molecule has 1 aliphatic heterocycles. The number of cyclic esters (lactones) is 1. The molecule has 1 heterocycles. The maximum Gasteiger partial charge on any atom is 0.414 e. The van der Waals surface area contributed by atoms with E-state index in [1.807, 2.05) is 0 Å². The third-order valence-corrected chi connectivity index (χ3v) is 3.14. The van der Waals surface area contributed by atoms with Crippen LogP contribution >= 0.6 is 0 Å². The fraction of sp³-hybridized carbons (Fsp3) is 0.357. The molecule has 0 saturated carbocycles. The number of Topliss-reactive ketones (excluding diaryl/α,β-unsaturated/α-hetero) is 1. The van der Waals surface area contributed by atoms with Gasteiger partial charge in [0.25, 0.3) is 0 Å². The lowest BCUT2D eigenvalue weighted by Crippen LogP contribution is -2.33. The van der Waals surface area contributed by atoms with E-state index in [0.717, 1.165) is 24.0 Å². The second kappa shape index (κ2) is 6.08. The molecule has 22 heavy (non-hydrogen) atoms. The Morgan fingerprint density at radius 3 is 2.41 bits per heavy atom. The smallest absolute Gasteiger partial charge is 0.414 e. The summed E-state index contributed by atoms with van der Waals surface area (Å²) in [5.41, 5.74) is -0.693. The second-order valence-corrected chi connectivity index (χ2v) is 4.89. The number of benzene rings is 1. The number of hydrogen-bond donors (Lipinski definition) is 1. The Hall–Kier alpha value is -2.51. The average molecular weight is 312 g/mol. The van der Waals surface area contributed by atoms with Crippen LogP contribution in [-0.2, 0) is 9.53 Å². The van der Waals surface area contributed by atoms with Gasteiger partial charge in [-0.15, -0.1) is 0 Å². The van der Waals surface area contributed by atoms with Gasteiger partial charge in [0.2, 0.25) is 5.91 Å². The summed E-state index contributed by atoms with van der Waals surface area (Å²) in [6, 6.07) is 1.81. The molecular weight excluding hydrogens is 298 g/mol. The Kier molecular flexibility index (Phi) is 4.39. The number of carbonyl (C=O) groups excluding carboxylic acids is 3. The molecule has 1 fully saturated rings. The minimum absolute atomic E-state index is 0.0391. The van der Waals surface area contributed by atoms with E-state index in [-0.39, 0.29) is 24.7 Å². The molecule has 8 heteroatoms. The van der Waals surface area contributed by atoms with Crippen LogP contribution in [0.3, 0.4) is 0 Å². The SMILES string of the molecule is CC(=O)NCC1CN(c2cc(F)c(C(C)=O)c(F)c2)C(=O)O1. The van der Waals surface area contributed by atoms with Crippen molar-refractivity contribution < 1.29 is 27.9 Å². The molecule has 0 spiro atoms. The van der Waals surface area contributed by atoms with Crippen LogP contribution in [0.25, 0.3) is 0 Å². The van der Waals surface area contributed by atoms with Crippen molar-refractivity contribution >= 4 is 23.5 Å². The van der Waals surface area contributed by atoms with Crippen molar-refractivity contribution in [2.75, 3.05) is 18.0 Å². The van der Waals surface area contributed by atoms with Crippen molar-refractivity contribution in [3.05, 3.63) is 29.3 Å². The Labute approximate surface area is 125 Å². The number of amides is 2. The number of nitrogens with one attached hydrogen (secondary N) is 1. The molecule has 1 unspecified atom stereocenters. The van der Waals surface area contributed by atoms with Crippen molar-refractivity contribution in [3.63, 3.8) is 0 Å². The van der Waals surface area contributed by atoms with Gasteiger partial charge in [-0.25, -0.2) is 13.6 Å². The zero-order valence-corrected chi connectivity index (χ0v) is 12.0. The van der Waals surface area contributed by atoms with Crippen LogP contribution in [0.1, 0.15) is 24.2 Å². The van der Waals surface area contributed by atoms with E-state index in [4.69, 9.17) is 4.74 Å². The van der Waals surface area contributed by atoms with Crippen LogP contribution in [0.15, 0.2) is 12.1 Å². The predicted molar refractivity (Wildman–Crippen MR) is 72.7 cm³/mol. The molecule has 1 aliphatic rings. The van der Waals surface area contributed by atoms with Gasteiger partial charge in [-0.05, 0) is 19.1 Å². The van der Waals surface area contributed by atoms with E-state index in [2.05, 4.69) is 5.32 Å². The largest absolute Gasteiger partial charge is 0.442 e. The van der Waals surface area contributed by atoms with Crippen molar-refractivity contribution in [2.24, 2.45) is 0 Å². The number of halogens is 2. The molecular formula is C14H14F2N2O4. The third-order valence-electron chi connectivity index (χ3n) is 3.14. The first-order chi connectivity index (χ1) is 10.3. The van der Waals surface area contributed by atoms with Gasteiger partial charge in [0.05, 0.1) is 24.3 Å². The summed E-state index contributed by atoms with van der Waals surface area (Å²) in [5.74, 6) is -3.10. The molecule has 6 nitrogen and oxygen atoms in total. The lowest BCUT2D eigenvalue weighted by Gasteiger charge is -2.14. The highest BCUT2D eigenvalue weighted by atomic mass is 19.1. The van der Waals surface area contributed by atoms with Gasteiger partial charge in [-0.3, -0.25) is 14.5 Å². The highest BCUT2D eigenvalue weighted by molar-refractivity contribution is 5.96. The van der Waals surface area contributed by atoms with E-state index in [0.29, 0.717) is 0 Å². The van der Waals surface area contributed by atoms with Crippen LogP contribution in [0.4, 0.5) is 19.3 Å². The van der Waals surface area contributed by atoms with E-state index in [1.165, 1.54) is 6.92 Å². The molecule has 1 N–H and O–H groups in total. The number of anilines is 1. The highest BCUT2D eigenvalue weighted by Gasteiger charge is 2.33. The normalized spacial score (nSPS) is 17.4. The van der Waals surface area contributed by atoms with Gasteiger partial charge in [0.15, 0.2) is 5.78 Å². The van der Waals surface area contributed by atoms with Gasteiger partial charge in [0.1, 0.15) is 17.7 Å². The Bertz CT molecular complexity index is 625. The molecule has 1 atom stereocenters. The first-order valence-electron chi connectivity index (χ1n) is 6.52. The highest BCUT2D eigenvalue weighted by Crippen LogP contribution is 2.26. The van der Waals surface area contributed by atoms with Crippen LogP contribution in [-0.4, -0.2) is 37.0 Å². The van der Waals surface area contributed by atoms with Gasteiger partial charge < -0.3 is 10.1 Å². The standard InChI is InChI=1S/C14H14F2N2O4/c1-7(19)13-11(15)3-9(4-12(13)16)18-6-10(22-14(18)21)5-17-8(2)20/h3-4,10H,5-6H2,1-2H3,(H,17,20). The van der Waals surface area contributed by atoms with Crippen molar-refractivity contribution in [1.29, 1.82) is 0 Å². The Balaban J connectivity index is 2.20. The van der Waals surface area contributed by atoms with Crippen LogP contribution in [0.5, 0.6) is 0 Å². The maximum absolute atomic E-state index is 13.8. The van der Waals surface area contributed by atoms with Gasteiger partial charge in [-0.2, -0.15) is 0 Å². The van der Waals surface area contributed by atoms with Gasteiger partial charge in [-0.1, -0.05) is 0 Å². The average Bonchev–Trinajstić information content (AvgIpc) is 2.76. The molecule has 2 amide bonds. The summed E-state index contributed by atoms with van der Waals surface area (Å²) in [4.78, 5) is 34.8. The summed E-state index contributed by atoms with van der Waals surface area (Å²) in [6.45, 7) is 2.51. The summed E-state index contributed by atoms with van der Waals surface area (Å²) >= 11 is 0. The number of carbonyl (C=O) groups is 3. The topological polar surface area (TPSA) is 75.7 Å². The quantitative estimate of drug-likeness (QED) is 0.857. The van der Waals surface area contributed by atoms with Crippen molar-refractivity contribution in [3.8, 4) is 0 Å². The van der Waals surface area contributed by atoms with Gasteiger partial charge in [0, 0.05) is 6.92 Å². The summed E-state index contributed by atoms with van der Waals surface area (Å²) in [5, 5.41) is 2.49. The molecule has 1 saturated heterocycles. The zero-order chi connectivity index (χ0) is 16.4. The third kappa shape index (κ3) is 3.21. The minimum Gasteiger partial charge on any atom is -0.442 e. The first-order valence-corrected chi connectivity index (χ1v) is 6.52. The lowest BCUT2D eigenvalue weighted by molar-refractivity contribution is -0.119. The number of nitrogens with zero attached hydrogens (tertiary/aromatic N) is 1. The molecule has 118 valence electrons. The number of ketones is 1. The van der Waals surface area contributed by atoms with E-state index < -0.39 is 35.2 Å². The summed E-state index contributed by atoms with van der Waals surface area (Å²) in [6.07, 6.45) is -1.39. The zero-order valence-electron chi connectivity index (χ0n) is 12.0. The van der Waals surface area contributed by atoms with Crippen LogP contribution in [0.2, 0.25) is 0 Å². The molecule has 0 bridgehead atoms. The van der Waals surface area contributed by atoms with Crippen molar-refractivity contribution in [2.45, 2.75) is 20.0 Å². The van der Waals surface area contributed by atoms with E-state index in [9.17, 15) is 23.2 Å². The predicted octanol–water partition coefficient (Wildman–Crippen LogP) is 1.63. The van der Waals surface area contributed by atoms with Crippen molar-refractivity contribution in [1.82, 2.24) is 5.32 Å². The molecule has 1 aromatic carbocycles. The molecule has 0 radical (unpaired) electrons. The monoisotopic (exact) mass is 312 g/mol. The molecule has 0 aliphatic carbocycles. The molecule has 0 aromatic heterocycles. The second-order valence-electron chi connectivity index (χ2n) is 4.89.